The summed E-state index contributed by atoms with van der Waals surface area (Å²) in [5.74, 6) is 1.48. The van der Waals surface area contributed by atoms with Gasteiger partial charge in [0.2, 0.25) is 0 Å². The highest BCUT2D eigenvalue weighted by Crippen LogP contribution is 2.33. The normalized spacial score (nSPS) is 26.3. The van der Waals surface area contributed by atoms with E-state index < -0.39 is 0 Å². The molecule has 3 nitrogen and oxygen atoms in total. The molecule has 1 fully saturated rings. The van der Waals surface area contributed by atoms with Crippen molar-refractivity contribution >= 4 is 0 Å². The first-order valence-corrected chi connectivity index (χ1v) is 7.04. The van der Waals surface area contributed by atoms with E-state index in [-0.39, 0.29) is 12.2 Å². The zero-order chi connectivity index (χ0) is 14.0. The molecule has 0 heterocycles. The Hall–Kier alpha value is -1.06. The summed E-state index contributed by atoms with van der Waals surface area (Å²) >= 11 is 0. The molecular weight excluding hydrogens is 238 g/mol. The Morgan fingerprint density at radius 2 is 2.05 bits per heavy atom. The van der Waals surface area contributed by atoms with Crippen LogP contribution in [-0.2, 0) is 4.74 Å². The lowest BCUT2D eigenvalue weighted by Crippen LogP contribution is -2.60. The van der Waals surface area contributed by atoms with Crippen molar-refractivity contribution in [2.75, 3.05) is 14.2 Å². The van der Waals surface area contributed by atoms with Crippen molar-refractivity contribution in [1.82, 2.24) is 5.32 Å². The average molecular weight is 263 g/mol. The maximum Gasteiger partial charge on any atom is 0.128 e. The molecule has 0 amide bonds. The highest BCUT2D eigenvalue weighted by molar-refractivity contribution is 5.39. The third kappa shape index (κ3) is 2.93. The fourth-order valence-corrected chi connectivity index (χ4v) is 2.68. The van der Waals surface area contributed by atoms with Crippen molar-refractivity contribution < 1.29 is 9.47 Å². The van der Waals surface area contributed by atoms with Crippen LogP contribution in [0.2, 0.25) is 0 Å². The molecule has 0 radical (unpaired) electrons. The highest BCUT2D eigenvalue weighted by atomic mass is 16.5. The summed E-state index contributed by atoms with van der Waals surface area (Å²) in [6.45, 7) is 6.49. The van der Waals surface area contributed by atoms with Gasteiger partial charge in [-0.1, -0.05) is 26.0 Å². The fourth-order valence-electron chi connectivity index (χ4n) is 2.68. The summed E-state index contributed by atoms with van der Waals surface area (Å²) < 4.78 is 11.7. The molecular formula is C16H25NO2. The maximum atomic E-state index is 6.19. The molecule has 1 aliphatic carbocycles. The lowest BCUT2D eigenvalue weighted by Gasteiger charge is -2.43. The Balaban J connectivity index is 2.13. The van der Waals surface area contributed by atoms with Gasteiger partial charge in [0.05, 0.1) is 0 Å². The summed E-state index contributed by atoms with van der Waals surface area (Å²) in [4.78, 5) is 0. The topological polar surface area (TPSA) is 30.5 Å². The molecule has 1 aromatic rings. The standard InChI is InChI=1S/C16H25NO2/c1-10(2)12-7-6-11(3)8-14(12)19-15-9-13(17-4)16(15)18-5/h6-8,10,13,15-17H,9H2,1-5H3. The molecule has 0 spiro atoms. The van der Waals surface area contributed by atoms with Crippen LogP contribution in [-0.4, -0.2) is 32.4 Å². The quantitative estimate of drug-likeness (QED) is 0.886. The monoisotopic (exact) mass is 263 g/mol. The minimum atomic E-state index is 0.144. The molecule has 3 unspecified atom stereocenters. The molecule has 1 saturated carbocycles. The van der Waals surface area contributed by atoms with E-state index in [4.69, 9.17) is 9.47 Å². The second kappa shape index (κ2) is 5.93. The molecule has 3 heteroatoms. The van der Waals surface area contributed by atoms with E-state index in [0.717, 1.165) is 12.2 Å². The number of hydrogen-bond donors (Lipinski definition) is 1. The average Bonchev–Trinajstić information content (AvgIpc) is 2.34. The minimum absolute atomic E-state index is 0.144. The Morgan fingerprint density at radius 1 is 1.32 bits per heavy atom. The van der Waals surface area contributed by atoms with Crippen LogP contribution in [0, 0.1) is 6.92 Å². The van der Waals surface area contributed by atoms with E-state index in [2.05, 4.69) is 44.3 Å². The second-order valence-corrected chi connectivity index (χ2v) is 5.68. The minimum Gasteiger partial charge on any atom is -0.487 e. The van der Waals surface area contributed by atoms with Crippen LogP contribution >= 0.6 is 0 Å². The van der Waals surface area contributed by atoms with Gasteiger partial charge in [0.25, 0.3) is 0 Å². The fraction of sp³-hybridized carbons (Fsp3) is 0.625. The molecule has 19 heavy (non-hydrogen) atoms. The first kappa shape index (κ1) is 14.4. The number of nitrogens with one attached hydrogen (secondary N) is 1. The summed E-state index contributed by atoms with van der Waals surface area (Å²) in [6.07, 6.45) is 1.30. The van der Waals surface area contributed by atoms with Gasteiger partial charge in [-0.05, 0) is 37.1 Å². The molecule has 0 aromatic heterocycles. The van der Waals surface area contributed by atoms with E-state index in [1.165, 1.54) is 11.1 Å². The molecule has 2 rings (SSSR count). The summed E-state index contributed by atoms with van der Waals surface area (Å²) in [5.41, 5.74) is 2.51. The van der Waals surface area contributed by atoms with Gasteiger partial charge >= 0.3 is 0 Å². The number of hydrogen-bond acceptors (Lipinski definition) is 3. The molecule has 0 saturated heterocycles. The Labute approximate surface area is 116 Å². The van der Waals surface area contributed by atoms with Crippen molar-refractivity contribution in [3.05, 3.63) is 29.3 Å². The van der Waals surface area contributed by atoms with Gasteiger partial charge in [0.1, 0.15) is 18.0 Å². The van der Waals surface area contributed by atoms with E-state index in [9.17, 15) is 0 Å². The first-order valence-electron chi connectivity index (χ1n) is 7.04. The van der Waals surface area contributed by atoms with Crippen molar-refractivity contribution in [3.63, 3.8) is 0 Å². The highest BCUT2D eigenvalue weighted by Gasteiger charge is 2.42. The predicted octanol–water partition coefficient (Wildman–Crippen LogP) is 2.87. The van der Waals surface area contributed by atoms with Gasteiger partial charge in [0, 0.05) is 19.6 Å². The van der Waals surface area contributed by atoms with Crippen LogP contribution in [0.5, 0.6) is 5.75 Å². The third-order valence-corrected chi connectivity index (χ3v) is 3.96. The van der Waals surface area contributed by atoms with E-state index in [1.54, 1.807) is 7.11 Å². The lowest BCUT2D eigenvalue weighted by molar-refractivity contribution is -0.0873. The largest absolute Gasteiger partial charge is 0.487 e. The van der Waals surface area contributed by atoms with Gasteiger partial charge in [0.15, 0.2) is 0 Å². The Bertz CT molecular complexity index is 431. The van der Waals surface area contributed by atoms with Crippen LogP contribution < -0.4 is 10.1 Å². The maximum absolute atomic E-state index is 6.19. The van der Waals surface area contributed by atoms with E-state index in [0.29, 0.717) is 12.0 Å². The van der Waals surface area contributed by atoms with Crippen LogP contribution in [0.25, 0.3) is 0 Å². The van der Waals surface area contributed by atoms with Crippen LogP contribution in [0.4, 0.5) is 0 Å². The molecule has 0 bridgehead atoms. The molecule has 1 aliphatic rings. The lowest BCUT2D eigenvalue weighted by atomic mass is 9.85. The molecule has 3 atom stereocenters. The number of methoxy groups -OCH3 is 1. The van der Waals surface area contributed by atoms with Crippen molar-refractivity contribution in [2.45, 2.75) is 51.4 Å². The first-order chi connectivity index (χ1) is 9.06. The Morgan fingerprint density at radius 3 is 2.63 bits per heavy atom. The zero-order valence-electron chi connectivity index (χ0n) is 12.6. The van der Waals surface area contributed by atoms with E-state index >= 15 is 0 Å². The van der Waals surface area contributed by atoms with Crippen molar-refractivity contribution in [3.8, 4) is 5.75 Å². The van der Waals surface area contributed by atoms with Gasteiger partial charge in [-0.25, -0.2) is 0 Å². The van der Waals surface area contributed by atoms with Crippen LogP contribution in [0.15, 0.2) is 18.2 Å². The van der Waals surface area contributed by atoms with Gasteiger partial charge in [-0.3, -0.25) is 0 Å². The molecule has 1 N–H and O–H groups in total. The van der Waals surface area contributed by atoms with Gasteiger partial charge in [-0.2, -0.15) is 0 Å². The molecule has 1 aromatic carbocycles. The number of likely N-dealkylation sites (N-methyl/N-ethyl adjacent to an activating group) is 1. The van der Waals surface area contributed by atoms with Crippen LogP contribution in [0.3, 0.4) is 0 Å². The smallest absolute Gasteiger partial charge is 0.128 e. The summed E-state index contributed by atoms with van der Waals surface area (Å²) in [6, 6.07) is 6.86. The molecule has 0 aliphatic heterocycles. The summed E-state index contributed by atoms with van der Waals surface area (Å²) in [5, 5.41) is 3.26. The number of aryl methyl sites for hydroxylation is 1. The van der Waals surface area contributed by atoms with E-state index in [1.807, 2.05) is 7.05 Å². The van der Waals surface area contributed by atoms with Gasteiger partial charge < -0.3 is 14.8 Å². The van der Waals surface area contributed by atoms with Crippen molar-refractivity contribution in [1.29, 1.82) is 0 Å². The Kier molecular flexibility index (Phi) is 4.48. The second-order valence-electron chi connectivity index (χ2n) is 5.68. The predicted molar refractivity (Wildman–Crippen MR) is 77.9 cm³/mol. The SMILES string of the molecule is CNC1CC(Oc2cc(C)ccc2C(C)C)C1OC. The zero-order valence-corrected chi connectivity index (χ0v) is 12.6. The summed E-state index contributed by atoms with van der Waals surface area (Å²) in [7, 11) is 3.73. The van der Waals surface area contributed by atoms with Gasteiger partial charge in [-0.15, -0.1) is 0 Å². The number of rotatable bonds is 5. The van der Waals surface area contributed by atoms with Crippen LogP contribution in [0.1, 0.15) is 37.3 Å². The van der Waals surface area contributed by atoms with Crippen molar-refractivity contribution in [2.24, 2.45) is 0 Å². The number of ether oxygens (including phenoxy) is 2. The molecule has 106 valence electrons. The third-order valence-electron chi connectivity index (χ3n) is 3.96. The number of benzene rings is 1.